The molecule has 1 aliphatic heterocycles. The van der Waals surface area contributed by atoms with E-state index < -0.39 is 5.25 Å². The monoisotopic (exact) mass is 415 g/mol. The molecule has 2 amide bonds. The van der Waals surface area contributed by atoms with E-state index in [9.17, 15) is 14.0 Å². The van der Waals surface area contributed by atoms with E-state index in [1.54, 1.807) is 36.4 Å². The lowest BCUT2D eigenvalue weighted by Crippen LogP contribution is -2.31. The Kier molecular flexibility index (Phi) is 6.87. The lowest BCUT2D eigenvalue weighted by atomic mass is 10.3. The molecule has 29 heavy (non-hydrogen) atoms. The topological polar surface area (TPSA) is 71.0 Å². The summed E-state index contributed by atoms with van der Waals surface area (Å²) in [5, 5.41) is 3.03. The first-order chi connectivity index (χ1) is 14.0. The van der Waals surface area contributed by atoms with Crippen molar-refractivity contribution in [1.29, 1.82) is 0 Å². The van der Waals surface area contributed by atoms with Crippen LogP contribution in [0.1, 0.15) is 20.3 Å². The van der Waals surface area contributed by atoms with Crippen LogP contribution in [0.5, 0.6) is 5.75 Å². The molecule has 2 aromatic rings. The number of carbonyl (C=O) groups excluding carboxylic acids is 2. The molecule has 0 aromatic heterocycles. The molecule has 1 fully saturated rings. The van der Waals surface area contributed by atoms with E-state index in [-0.39, 0.29) is 24.1 Å². The van der Waals surface area contributed by atoms with Gasteiger partial charge in [0.2, 0.25) is 11.8 Å². The number of halogens is 1. The number of hydrogen-bond donors (Lipinski definition) is 1. The summed E-state index contributed by atoms with van der Waals surface area (Å²) >= 11 is 1.21. The fourth-order valence-corrected chi connectivity index (χ4v) is 3.95. The maximum atomic E-state index is 13.1. The molecule has 1 atom stereocenters. The van der Waals surface area contributed by atoms with Crippen molar-refractivity contribution in [3.63, 3.8) is 0 Å². The van der Waals surface area contributed by atoms with Gasteiger partial charge in [-0.25, -0.2) is 9.29 Å². The minimum Gasteiger partial charge on any atom is -0.494 e. The second kappa shape index (κ2) is 9.56. The highest BCUT2D eigenvalue weighted by molar-refractivity contribution is 8.15. The van der Waals surface area contributed by atoms with Gasteiger partial charge >= 0.3 is 0 Å². The van der Waals surface area contributed by atoms with Gasteiger partial charge < -0.3 is 10.1 Å². The first-order valence-electron chi connectivity index (χ1n) is 9.35. The van der Waals surface area contributed by atoms with E-state index >= 15 is 0 Å². The molecule has 0 radical (unpaired) electrons. The molecule has 0 unspecified atom stereocenters. The number of ether oxygens (including phenoxy) is 1. The van der Waals surface area contributed by atoms with Gasteiger partial charge in [-0.05, 0) is 62.4 Å². The molecule has 3 rings (SSSR count). The molecule has 1 N–H and O–H groups in total. The van der Waals surface area contributed by atoms with E-state index in [1.807, 2.05) is 13.8 Å². The van der Waals surface area contributed by atoms with Crippen LogP contribution in [-0.4, -0.2) is 35.4 Å². The molecule has 6 nitrogen and oxygen atoms in total. The van der Waals surface area contributed by atoms with Crippen LogP contribution in [-0.2, 0) is 9.59 Å². The van der Waals surface area contributed by atoms with E-state index in [1.165, 1.54) is 28.8 Å². The molecule has 1 heterocycles. The Morgan fingerprint density at radius 3 is 2.48 bits per heavy atom. The number of imide groups is 1. The summed E-state index contributed by atoms with van der Waals surface area (Å²) in [6.07, 6.45) is 0.0878. The fraction of sp³-hybridized carbons (Fsp3) is 0.286. The summed E-state index contributed by atoms with van der Waals surface area (Å²) < 4.78 is 18.5. The Balaban J connectivity index is 1.71. The number of carbonyl (C=O) groups is 2. The maximum absolute atomic E-state index is 13.1. The Morgan fingerprint density at radius 1 is 1.17 bits per heavy atom. The van der Waals surface area contributed by atoms with Crippen molar-refractivity contribution in [3.05, 3.63) is 54.3 Å². The van der Waals surface area contributed by atoms with Gasteiger partial charge in [0.05, 0.1) is 12.3 Å². The smallest absolute Gasteiger partial charge is 0.247 e. The molecule has 0 saturated carbocycles. The highest BCUT2D eigenvalue weighted by atomic mass is 32.2. The molecule has 0 aliphatic carbocycles. The molecule has 0 spiro atoms. The summed E-state index contributed by atoms with van der Waals surface area (Å²) in [5.41, 5.74) is 1.18. The van der Waals surface area contributed by atoms with Crippen LogP contribution >= 0.6 is 11.8 Å². The largest absolute Gasteiger partial charge is 0.494 e. The van der Waals surface area contributed by atoms with E-state index in [2.05, 4.69) is 10.3 Å². The third-order valence-corrected chi connectivity index (χ3v) is 5.27. The van der Waals surface area contributed by atoms with Gasteiger partial charge in [-0.15, -0.1) is 0 Å². The number of anilines is 2. The first-order valence-corrected chi connectivity index (χ1v) is 10.2. The Labute approximate surface area is 173 Å². The number of nitrogens with zero attached hydrogens (tertiary/aromatic N) is 2. The van der Waals surface area contributed by atoms with Crippen LogP contribution < -0.4 is 15.0 Å². The first kappa shape index (κ1) is 20.9. The van der Waals surface area contributed by atoms with Gasteiger partial charge in [0, 0.05) is 18.7 Å². The molecule has 0 bridgehead atoms. The highest BCUT2D eigenvalue weighted by Crippen LogP contribution is 2.31. The number of aliphatic imine (C=N–C) groups is 1. The molecule has 152 valence electrons. The van der Waals surface area contributed by atoms with Gasteiger partial charge in [-0.2, -0.15) is 0 Å². The standard InChI is InChI=1S/C21H22FN3O3S/c1-3-23-21(24-15-7-5-14(22)6-8-15)29-18-13-19(26)25(20(18)27)16-9-11-17(12-10-16)28-4-2/h5-12,18H,3-4,13H2,1-2H3,(H,23,24)/t18-/m0/s1. The Bertz CT molecular complexity index is 900. The van der Waals surface area contributed by atoms with Crippen LogP contribution in [0.25, 0.3) is 0 Å². The normalized spacial score (nSPS) is 17.0. The summed E-state index contributed by atoms with van der Waals surface area (Å²) in [6.45, 7) is 4.81. The summed E-state index contributed by atoms with van der Waals surface area (Å²) in [5.74, 6) is -0.190. The van der Waals surface area contributed by atoms with Crippen molar-refractivity contribution in [2.45, 2.75) is 25.5 Å². The maximum Gasteiger partial charge on any atom is 0.247 e. The second-order valence-electron chi connectivity index (χ2n) is 6.22. The van der Waals surface area contributed by atoms with E-state index in [0.717, 1.165) is 0 Å². The predicted molar refractivity (Wildman–Crippen MR) is 114 cm³/mol. The third-order valence-electron chi connectivity index (χ3n) is 4.16. The number of hydrogen-bond acceptors (Lipinski definition) is 5. The Hall–Kier alpha value is -2.87. The predicted octanol–water partition coefficient (Wildman–Crippen LogP) is 4.08. The van der Waals surface area contributed by atoms with E-state index in [4.69, 9.17) is 4.74 Å². The molecule has 2 aromatic carbocycles. The molecular weight excluding hydrogens is 393 g/mol. The lowest BCUT2D eigenvalue weighted by molar-refractivity contribution is -0.121. The van der Waals surface area contributed by atoms with Crippen molar-refractivity contribution in [2.75, 3.05) is 23.4 Å². The average Bonchev–Trinajstić information content (AvgIpc) is 2.98. The minimum absolute atomic E-state index is 0.0878. The fourth-order valence-electron chi connectivity index (χ4n) is 2.87. The summed E-state index contributed by atoms with van der Waals surface area (Å²) in [4.78, 5) is 31.0. The number of amidine groups is 1. The number of nitrogens with one attached hydrogen (secondary N) is 1. The quantitative estimate of drug-likeness (QED) is 0.437. The van der Waals surface area contributed by atoms with Crippen molar-refractivity contribution in [3.8, 4) is 5.75 Å². The molecule has 1 saturated heterocycles. The average molecular weight is 415 g/mol. The minimum atomic E-state index is -0.577. The number of rotatable bonds is 6. The molecular formula is C21H22FN3O3S. The molecule has 1 aliphatic rings. The van der Waals surface area contributed by atoms with Gasteiger partial charge in [-0.3, -0.25) is 14.6 Å². The van der Waals surface area contributed by atoms with Crippen LogP contribution in [0, 0.1) is 5.82 Å². The van der Waals surface area contributed by atoms with Crippen LogP contribution in [0.3, 0.4) is 0 Å². The van der Waals surface area contributed by atoms with Crippen molar-refractivity contribution in [1.82, 2.24) is 0 Å². The lowest BCUT2D eigenvalue weighted by Gasteiger charge is -2.16. The zero-order valence-electron chi connectivity index (χ0n) is 16.2. The van der Waals surface area contributed by atoms with Gasteiger partial charge in [-0.1, -0.05) is 11.8 Å². The summed E-state index contributed by atoms with van der Waals surface area (Å²) in [7, 11) is 0. The third kappa shape index (κ3) is 5.14. The van der Waals surface area contributed by atoms with E-state index in [0.29, 0.717) is 35.4 Å². The zero-order valence-corrected chi connectivity index (χ0v) is 17.0. The second-order valence-corrected chi connectivity index (χ2v) is 7.41. The van der Waals surface area contributed by atoms with Crippen LogP contribution in [0.15, 0.2) is 53.5 Å². The van der Waals surface area contributed by atoms with Gasteiger partial charge in [0.1, 0.15) is 16.8 Å². The molecule has 8 heteroatoms. The Morgan fingerprint density at radius 2 is 1.86 bits per heavy atom. The van der Waals surface area contributed by atoms with Crippen molar-refractivity contribution >= 4 is 40.1 Å². The van der Waals surface area contributed by atoms with Crippen molar-refractivity contribution in [2.24, 2.45) is 4.99 Å². The summed E-state index contributed by atoms with van der Waals surface area (Å²) in [6, 6.07) is 12.7. The van der Waals surface area contributed by atoms with Gasteiger partial charge in [0.15, 0.2) is 5.17 Å². The highest BCUT2D eigenvalue weighted by Gasteiger charge is 2.40. The van der Waals surface area contributed by atoms with Crippen molar-refractivity contribution < 1.29 is 18.7 Å². The van der Waals surface area contributed by atoms with Crippen LogP contribution in [0.2, 0.25) is 0 Å². The number of amides is 2. The SMILES string of the molecule is CCN=C(Nc1ccc(F)cc1)S[C@H]1CC(=O)N(c2ccc(OCC)cc2)C1=O. The van der Waals surface area contributed by atoms with Crippen LogP contribution in [0.4, 0.5) is 15.8 Å². The van der Waals surface area contributed by atoms with Gasteiger partial charge in [0.25, 0.3) is 0 Å². The zero-order chi connectivity index (χ0) is 20.8. The number of thioether (sulfide) groups is 1. The number of benzene rings is 2.